The zero-order valence-corrected chi connectivity index (χ0v) is 13.9. The Morgan fingerprint density at radius 2 is 1.91 bits per heavy atom. The lowest BCUT2D eigenvalue weighted by Gasteiger charge is -2.32. The third-order valence-corrected chi connectivity index (χ3v) is 4.96. The van der Waals surface area contributed by atoms with Crippen LogP contribution in [-0.4, -0.2) is 37.8 Å². The monoisotopic (exact) mass is 312 g/mol. The van der Waals surface area contributed by atoms with Gasteiger partial charge in [-0.2, -0.15) is 0 Å². The first-order valence-electron chi connectivity index (χ1n) is 8.73. The van der Waals surface area contributed by atoms with E-state index in [0.717, 1.165) is 49.7 Å². The highest BCUT2D eigenvalue weighted by Gasteiger charge is 2.31. The van der Waals surface area contributed by atoms with Crippen LogP contribution in [0.2, 0.25) is 0 Å². The van der Waals surface area contributed by atoms with Crippen LogP contribution >= 0.6 is 0 Å². The SMILES string of the molecule is CCc1cc(N2CCC(c3nncn3C3CC3)CC2)nc(C)n1. The molecular weight excluding hydrogens is 288 g/mol. The highest BCUT2D eigenvalue weighted by Crippen LogP contribution is 2.38. The predicted molar refractivity (Wildman–Crippen MR) is 88.6 cm³/mol. The molecule has 0 N–H and O–H groups in total. The molecule has 2 aromatic heterocycles. The first-order chi connectivity index (χ1) is 11.2. The summed E-state index contributed by atoms with van der Waals surface area (Å²) in [5.74, 6) is 3.68. The van der Waals surface area contributed by atoms with Crippen LogP contribution in [0.15, 0.2) is 12.4 Å². The second-order valence-corrected chi connectivity index (χ2v) is 6.71. The average molecular weight is 312 g/mol. The van der Waals surface area contributed by atoms with Crippen LogP contribution in [0.4, 0.5) is 5.82 Å². The van der Waals surface area contributed by atoms with Gasteiger partial charge in [-0.3, -0.25) is 0 Å². The van der Waals surface area contributed by atoms with Gasteiger partial charge in [-0.15, -0.1) is 10.2 Å². The van der Waals surface area contributed by atoms with Gasteiger partial charge in [0.2, 0.25) is 0 Å². The molecule has 122 valence electrons. The fourth-order valence-electron chi connectivity index (χ4n) is 3.50. The summed E-state index contributed by atoms with van der Waals surface area (Å²) in [5.41, 5.74) is 1.13. The van der Waals surface area contributed by atoms with Crippen molar-refractivity contribution < 1.29 is 0 Å². The first kappa shape index (κ1) is 14.6. The Kier molecular flexibility index (Phi) is 3.75. The fraction of sp³-hybridized carbons (Fsp3) is 0.647. The average Bonchev–Trinajstić information content (AvgIpc) is 3.31. The van der Waals surface area contributed by atoms with E-state index in [1.165, 1.54) is 18.7 Å². The molecule has 23 heavy (non-hydrogen) atoms. The van der Waals surface area contributed by atoms with Crippen molar-refractivity contribution in [2.45, 2.75) is 57.9 Å². The van der Waals surface area contributed by atoms with Crippen LogP contribution in [0.5, 0.6) is 0 Å². The first-order valence-corrected chi connectivity index (χ1v) is 8.73. The van der Waals surface area contributed by atoms with Gasteiger partial charge in [-0.1, -0.05) is 6.92 Å². The summed E-state index contributed by atoms with van der Waals surface area (Å²) in [5, 5.41) is 8.56. The van der Waals surface area contributed by atoms with Crippen LogP contribution in [0.25, 0.3) is 0 Å². The van der Waals surface area contributed by atoms with E-state index in [2.05, 4.69) is 42.6 Å². The van der Waals surface area contributed by atoms with Crippen molar-refractivity contribution >= 4 is 5.82 Å². The maximum atomic E-state index is 4.63. The highest BCUT2D eigenvalue weighted by atomic mass is 15.3. The third-order valence-electron chi connectivity index (χ3n) is 4.96. The van der Waals surface area contributed by atoms with Crippen LogP contribution in [0.1, 0.15) is 61.9 Å². The molecule has 6 heteroatoms. The molecule has 1 aliphatic carbocycles. The molecule has 0 spiro atoms. The number of aryl methyl sites for hydroxylation is 2. The van der Waals surface area contributed by atoms with Gasteiger partial charge in [-0.25, -0.2) is 9.97 Å². The molecule has 4 rings (SSSR count). The Bertz CT molecular complexity index is 682. The van der Waals surface area contributed by atoms with Gasteiger partial charge >= 0.3 is 0 Å². The van der Waals surface area contributed by atoms with E-state index in [4.69, 9.17) is 0 Å². The molecule has 2 aliphatic rings. The Morgan fingerprint density at radius 3 is 2.61 bits per heavy atom. The van der Waals surface area contributed by atoms with Crippen LogP contribution < -0.4 is 4.90 Å². The van der Waals surface area contributed by atoms with Crippen molar-refractivity contribution in [3.8, 4) is 0 Å². The lowest BCUT2D eigenvalue weighted by Crippen LogP contribution is -2.34. The molecule has 2 fully saturated rings. The molecule has 3 heterocycles. The topological polar surface area (TPSA) is 59.7 Å². The fourth-order valence-corrected chi connectivity index (χ4v) is 3.50. The van der Waals surface area contributed by atoms with Crippen LogP contribution in [0, 0.1) is 6.92 Å². The Labute approximate surface area is 137 Å². The lowest BCUT2D eigenvalue weighted by atomic mass is 9.96. The molecule has 0 amide bonds. The minimum atomic E-state index is 0.530. The predicted octanol–water partition coefficient (Wildman–Crippen LogP) is 2.66. The van der Waals surface area contributed by atoms with E-state index in [9.17, 15) is 0 Å². The number of rotatable bonds is 4. The van der Waals surface area contributed by atoms with Crippen molar-refractivity contribution in [2.24, 2.45) is 0 Å². The summed E-state index contributed by atoms with van der Waals surface area (Å²) in [6, 6.07) is 2.80. The largest absolute Gasteiger partial charge is 0.356 e. The molecule has 6 nitrogen and oxygen atoms in total. The Balaban J connectivity index is 1.46. The lowest BCUT2D eigenvalue weighted by molar-refractivity contribution is 0.463. The normalized spacial score (nSPS) is 19.3. The Morgan fingerprint density at radius 1 is 1.13 bits per heavy atom. The summed E-state index contributed by atoms with van der Waals surface area (Å²) >= 11 is 0. The summed E-state index contributed by atoms with van der Waals surface area (Å²) in [4.78, 5) is 11.5. The second kappa shape index (κ2) is 5.91. The molecule has 0 unspecified atom stereocenters. The van der Waals surface area contributed by atoms with E-state index >= 15 is 0 Å². The van der Waals surface area contributed by atoms with Crippen molar-refractivity contribution in [3.63, 3.8) is 0 Å². The van der Waals surface area contributed by atoms with Crippen LogP contribution in [0.3, 0.4) is 0 Å². The standard InChI is InChI=1S/C17H24N6/c1-3-14-10-16(20-12(2)19-14)22-8-6-13(7-9-22)17-21-18-11-23(17)15-4-5-15/h10-11,13,15H,3-9H2,1-2H3. The quantitative estimate of drug-likeness (QED) is 0.868. The zero-order chi connectivity index (χ0) is 15.8. The summed E-state index contributed by atoms with van der Waals surface area (Å²) in [7, 11) is 0. The molecule has 0 radical (unpaired) electrons. The molecular formula is C17H24N6. The highest BCUT2D eigenvalue weighted by molar-refractivity contribution is 5.40. The number of anilines is 1. The second-order valence-electron chi connectivity index (χ2n) is 6.71. The van der Waals surface area contributed by atoms with Crippen molar-refractivity contribution in [1.82, 2.24) is 24.7 Å². The number of piperidine rings is 1. The number of hydrogen-bond donors (Lipinski definition) is 0. The van der Waals surface area contributed by atoms with E-state index in [-0.39, 0.29) is 0 Å². The van der Waals surface area contributed by atoms with Gasteiger partial charge in [-0.05, 0) is 39.0 Å². The molecule has 2 aromatic rings. The number of nitrogens with zero attached hydrogens (tertiary/aromatic N) is 6. The molecule has 0 aromatic carbocycles. The van der Waals surface area contributed by atoms with Gasteiger partial charge < -0.3 is 9.47 Å². The Hall–Kier alpha value is -1.98. The van der Waals surface area contributed by atoms with Gasteiger partial charge in [0.15, 0.2) is 0 Å². The molecule has 1 saturated heterocycles. The number of hydrogen-bond acceptors (Lipinski definition) is 5. The van der Waals surface area contributed by atoms with E-state index < -0.39 is 0 Å². The number of aromatic nitrogens is 5. The molecule has 1 aliphatic heterocycles. The van der Waals surface area contributed by atoms with Gasteiger partial charge in [0.25, 0.3) is 0 Å². The van der Waals surface area contributed by atoms with E-state index in [0.29, 0.717) is 12.0 Å². The molecule has 0 atom stereocenters. The van der Waals surface area contributed by atoms with E-state index in [1.807, 2.05) is 13.3 Å². The third kappa shape index (κ3) is 2.94. The van der Waals surface area contributed by atoms with Gasteiger partial charge in [0, 0.05) is 36.8 Å². The maximum absolute atomic E-state index is 4.63. The smallest absolute Gasteiger partial charge is 0.136 e. The summed E-state index contributed by atoms with van der Waals surface area (Å²) in [6.07, 6.45) is 7.68. The summed E-state index contributed by atoms with van der Waals surface area (Å²) < 4.78 is 2.31. The van der Waals surface area contributed by atoms with Crippen molar-refractivity contribution in [2.75, 3.05) is 18.0 Å². The van der Waals surface area contributed by atoms with Crippen molar-refractivity contribution in [3.05, 3.63) is 29.7 Å². The van der Waals surface area contributed by atoms with Crippen LogP contribution in [-0.2, 0) is 6.42 Å². The van der Waals surface area contributed by atoms with Crippen molar-refractivity contribution in [1.29, 1.82) is 0 Å². The zero-order valence-electron chi connectivity index (χ0n) is 13.9. The summed E-state index contributed by atoms with van der Waals surface area (Å²) in [6.45, 7) is 6.18. The maximum Gasteiger partial charge on any atom is 0.136 e. The van der Waals surface area contributed by atoms with Gasteiger partial charge in [0.05, 0.1) is 0 Å². The van der Waals surface area contributed by atoms with Gasteiger partial charge in [0.1, 0.15) is 23.8 Å². The molecule has 0 bridgehead atoms. The molecule has 1 saturated carbocycles. The minimum absolute atomic E-state index is 0.530. The van der Waals surface area contributed by atoms with E-state index in [1.54, 1.807) is 0 Å². The minimum Gasteiger partial charge on any atom is -0.356 e.